The van der Waals surface area contributed by atoms with Crippen LogP contribution in [0.2, 0.25) is 0 Å². The number of primary sulfonamides is 1. The molecule has 0 aliphatic rings. The molecule has 0 fully saturated rings. The fourth-order valence-corrected chi connectivity index (χ4v) is 3.58. The second-order valence-electron chi connectivity index (χ2n) is 5.07. The predicted octanol–water partition coefficient (Wildman–Crippen LogP) is 0.328. The average Bonchev–Trinajstić information content (AvgIpc) is 2.50. The predicted molar refractivity (Wildman–Crippen MR) is 97.9 cm³/mol. The van der Waals surface area contributed by atoms with E-state index in [1.165, 1.54) is 4.90 Å². The highest BCUT2D eigenvalue weighted by molar-refractivity contribution is 9.09. The van der Waals surface area contributed by atoms with Crippen LogP contribution in [0.4, 0.5) is 17.1 Å². The minimum absolute atomic E-state index is 0.0792. The largest absolute Gasteiger partial charge is 0.363 e. The topological polar surface area (TPSA) is 193 Å². The van der Waals surface area contributed by atoms with Gasteiger partial charge in [0.1, 0.15) is 5.69 Å². The van der Waals surface area contributed by atoms with Gasteiger partial charge in [-0.05, 0) is 6.07 Å². The molecule has 0 spiro atoms. The summed E-state index contributed by atoms with van der Waals surface area (Å²) in [6, 6.07) is 1.21. The summed E-state index contributed by atoms with van der Waals surface area (Å²) < 4.78 is 50.1. The van der Waals surface area contributed by atoms with E-state index in [1.54, 1.807) is 0 Å². The van der Waals surface area contributed by atoms with E-state index in [2.05, 4.69) is 20.1 Å². The molecular weight excluding hydrogens is 476 g/mol. The first kappa shape index (κ1) is 23.2. The van der Waals surface area contributed by atoms with Crippen LogP contribution in [0.1, 0.15) is 0 Å². The van der Waals surface area contributed by atoms with Crippen LogP contribution >= 0.6 is 15.9 Å². The van der Waals surface area contributed by atoms with Crippen molar-refractivity contribution in [1.29, 1.82) is 0 Å². The zero-order valence-corrected chi connectivity index (χ0v) is 17.0. The van der Waals surface area contributed by atoms with E-state index in [-0.39, 0.29) is 30.7 Å². The van der Waals surface area contributed by atoms with Gasteiger partial charge in [0.05, 0.1) is 28.8 Å². The minimum Gasteiger partial charge on any atom is -0.363 e. The Hall–Kier alpha value is -1.88. The van der Waals surface area contributed by atoms with Gasteiger partial charge in [-0.2, -0.15) is 8.42 Å². The van der Waals surface area contributed by atoms with Crippen molar-refractivity contribution in [2.75, 3.05) is 36.2 Å². The van der Waals surface area contributed by atoms with Crippen LogP contribution in [-0.2, 0) is 24.3 Å². The molecular formula is C11H15BrN4O9S2. The maximum absolute atomic E-state index is 11.7. The van der Waals surface area contributed by atoms with Gasteiger partial charge in [0.2, 0.25) is 10.0 Å². The van der Waals surface area contributed by atoms with Crippen molar-refractivity contribution in [3.8, 4) is 0 Å². The molecule has 0 saturated heterocycles. The molecule has 27 heavy (non-hydrogen) atoms. The number of alkyl halides is 1. The van der Waals surface area contributed by atoms with Crippen LogP contribution in [0, 0.1) is 20.2 Å². The summed E-state index contributed by atoms with van der Waals surface area (Å²) in [5.41, 5.74) is -2.07. The quantitative estimate of drug-likeness (QED) is 0.206. The SMILES string of the molecule is CS(=O)(=O)OCCN(CCBr)c1cc(S(N)(=O)=O)c([N+](=O)[O-])cc1[N+](=O)[O-]. The Labute approximate surface area is 162 Å². The maximum atomic E-state index is 11.7. The molecule has 0 saturated carbocycles. The highest BCUT2D eigenvalue weighted by Gasteiger charge is 2.31. The van der Waals surface area contributed by atoms with Gasteiger partial charge in [0.15, 0.2) is 4.90 Å². The van der Waals surface area contributed by atoms with Gasteiger partial charge < -0.3 is 4.90 Å². The fourth-order valence-electron chi connectivity index (χ4n) is 2.07. The lowest BCUT2D eigenvalue weighted by Gasteiger charge is -2.23. The lowest BCUT2D eigenvalue weighted by Crippen LogP contribution is -2.31. The van der Waals surface area contributed by atoms with Crippen LogP contribution in [0.3, 0.4) is 0 Å². The Balaban J connectivity index is 3.55. The fraction of sp³-hybridized carbons (Fsp3) is 0.455. The number of nitrogens with zero attached hydrogens (tertiary/aromatic N) is 3. The molecule has 0 heterocycles. The van der Waals surface area contributed by atoms with Gasteiger partial charge in [0, 0.05) is 18.4 Å². The smallest absolute Gasteiger partial charge is 0.299 e. The number of halogens is 1. The Morgan fingerprint density at radius 1 is 1.11 bits per heavy atom. The van der Waals surface area contributed by atoms with Gasteiger partial charge in [0.25, 0.3) is 21.5 Å². The van der Waals surface area contributed by atoms with E-state index in [0.29, 0.717) is 12.1 Å². The van der Waals surface area contributed by atoms with E-state index >= 15 is 0 Å². The van der Waals surface area contributed by atoms with Crippen LogP contribution < -0.4 is 10.0 Å². The lowest BCUT2D eigenvalue weighted by atomic mass is 10.2. The molecule has 1 aromatic rings. The zero-order valence-electron chi connectivity index (χ0n) is 13.8. The van der Waals surface area contributed by atoms with E-state index in [0.717, 1.165) is 6.26 Å². The molecule has 16 heteroatoms. The molecule has 0 aliphatic heterocycles. The summed E-state index contributed by atoms with van der Waals surface area (Å²) in [5.74, 6) is 0. The third-order valence-electron chi connectivity index (χ3n) is 3.11. The van der Waals surface area contributed by atoms with Crippen molar-refractivity contribution in [3.05, 3.63) is 32.4 Å². The molecule has 152 valence electrons. The highest BCUT2D eigenvalue weighted by atomic mass is 79.9. The number of nitro groups is 2. The number of nitrogens with two attached hydrogens (primary N) is 1. The molecule has 13 nitrogen and oxygen atoms in total. The van der Waals surface area contributed by atoms with E-state index in [9.17, 15) is 37.1 Å². The van der Waals surface area contributed by atoms with Crippen LogP contribution in [0.5, 0.6) is 0 Å². The Morgan fingerprint density at radius 3 is 2.07 bits per heavy atom. The van der Waals surface area contributed by atoms with E-state index < -0.39 is 46.3 Å². The standard InChI is InChI=1S/C11H15BrN4O9S2/c1-26(21,22)25-5-4-14(3-2-12)8-7-11(27(13,23)24)10(16(19)20)6-9(8)15(17)18/h6-7H,2-5H2,1H3,(H2,13,23,24). The monoisotopic (exact) mass is 490 g/mol. The first-order chi connectivity index (χ1) is 12.3. The molecule has 0 atom stereocenters. The summed E-state index contributed by atoms with van der Waals surface area (Å²) in [7, 11) is -8.34. The number of hydrogen-bond acceptors (Lipinski definition) is 10. The highest BCUT2D eigenvalue weighted by Crippen LogP contribution is 2.37. The van der Waals surface area contributed by atoms with Crippen LogP contribution in [0.15, 0.2) is 17.0 Å². The van der Waals surface area contributed by atoms with Crippen molar-refractivity contribution in [1.82, 2.24) is 0 Å². The van der Waals surface area contributed by atoms with Gasteiger partial charge in [-0.25, -0.2) is 13.6 Å². The number of rotatable bonds is 10. The number of hydrogen-bond donors (Lipinski definition) is 1. The molecule has 0 aliphatic carbocycles. The van der Waals surface area contributed by atoms with Crippen molar-refractivity contribution >= 4 is 53.1 Å². The molecule has 0 radical (unpaired) electrons. The Bertz CT molecular complexity index is 949. The molecule has 0 aromatic heterocycles. The van der Waals surface area contributed by atoms with Crippen molar-refractivity contribution in [2.45, 2.75) is 4.90 Å². The molecule has 0 unspecified atom stereocenters. The summed E-state index contributed by atoms with van der Waals surface area (Å²) >= 11 is 3.11. The van der Waals surface area contributed by atoms with Gasteiger partial charge in [-0.15, -0.1) is 0 Å². The number of benzene rings is 1. The number of anilines is 1. The van der Waals surface area contributed by atoms with E-state index in [4.69, 9.17) is 5.14 Å². The van der Waals surface area contributed by atoms with Crippen molar-refractivity contribution < 1.29 is 30.9 Å². The third-order valence-corrected chi connectivity index (χ3v) is 5.00. The maximum Gasteiger partial charge on any atom is 0.299 e. The van der Waals surface area contributed by atoms with Crippen molar-refractivity contribution in [3.63, 3.8) is 0 Å². The molecule has 2 N–H and O–H groups in total. The summed E-state index contributed by atoms with van der Waals surface area (Å²) in [6.07, 6.45) is 0.815. The zero-order chi connectivity index (χ0) is 21.0. The van der Waals surface area contributed by atoms with Gasteiger partial charge in [-0.3, -0.25) is 24.4 Å². The van der Waals surface area contributed by atoms with Crippen molar-refractivity contribution in [2.24, 2.45) is 5.14 Å². The number of nitro benzene ring substituents is 2. The summed E-state index contributed by atoms with van der Waals surface area (Å²) in [5, 5.41) is 27.7. The Kier molecular flexibility index (Phi) is 7.61. The molecule has 0 amide bonds. The Morgan fingerprint density at radius 2 is 1.67 bits per heavy atom. The first-order valence-electron chi connectivity index (χ1n) is 6.93. The summed E-state index contributed by atoms with van der Waals surface area (Å²) in [6.45, 7) is -0.484. The summed E-state index contributed by atoms with van der Waals surface area (Å²) in [4.78, 5) is 20.7. The lowest BCUT2D eigenvalue weighted by molar-refractivity contribution is -0.395. The second-order valence-corrected chi connectivity index (χ2v) is 9.04. The molecule has 1 rings (SSSR count). The van der Waals surface area contributed by atoms with E-state index in [1.807, 2.05) is 0 Å². The molecule has 0 bridgehead atoms. The third kappa shape index (κ3) is 6.65. The first-order valence-corrected chi connectivity index (χ1v) is 11.4. The van der Waals surface area contributed by atoms with Crippen LogP contribution in [0.25, 0.3) is 0 Å². The van der Waals surface area contributed by atoms with Crippen LogP contribution in [-0.4, -0.2) is 58.0 Å². The number of sulfonamides is 1. The van der Waals surface area contributed by atoms with Gasteiger partial charge >= 0.3 is 0 Å². The normalized spacial score (nSPS) is 12.0. The molecule has 1 aromatic carbocycles. The van der Waals surface area contributed by atoms with Gasteiger partial charge in [-0.1, -0.05) is 15.9 Å². The second kappa shape index (κ2) is 8.87. The average molecular weight is 491 g/mol. The minimum atomic E-state index is -4.57.